The van der Waals surface area contributed by atoms with E-state index >= 15 is 0 Å². The number of hydrogen-bond acceptors (Lipinski definition) is 3. The van der Waals surface area contributed by atoms with E-state index in [1.807, 2.05) is 24.3 Å². The lowest BCUT2D eigenvalue weighted by atomic mass is 9.99. The summed E-state index contributed by atoms with van der Waals surface area (Å²) >= 11 is 1.65. The summed E-state index contributed by atoms with van der Waals surface area (Å²) in [4.78, 5) is 14.5. The fraction of sp³-hybridized carbons (Fsp3) is 0.353. The number of benzene rings is 1. The Morgan fingerprint density at radius 3 is 2.71 bits per heavy atom. The van der Waals surface area contributed by atoms with Gasteiger partial charge >= 0.3 is 0 Å². The molecule has 3 nitrogen and oxygen atoms in total. The van der Waals surface area contributed by atoms with Gasteiger partial charge < -0.3 is 11.1 Å². The summed E-state index contributed by atoms with van der Waals surface area (Å²) < 4.78 is 0. The van der Waals surface area contributed by atoms with Crippen LogP contribution in [0.15, 0.2) is 30.3 Å². The summed E-state index contributed by atoms with van der Waals surface area (Å²) in [5.41, 5.74) is 9.28. The highest BCUT2D eigenvalue weighted by atomic mass is 32.1. The van der Waals surface area contributed by atoms with Crippen LogP contribution in [0, 0.1) is 0 Å². The number of thiophene rings is 1. The molecule has 1 aromatic carbocycles. The van der Waals surface area contributed by atoms with Crippen LogP contribution in [-0.4, -0.2) is 5.91 Å². The lowest BCUT2D eigenvalue weighted by Gasteiger charge is -2.08. The molecule has 1 aromatic heterocycles. The van der Waals surface area contributed by atoms with Crippen molar-refractivity contribution in [2.24, 2.45) is 5.73 Å². The Hall–Kier alpha value is -1.65. The second-order valence-corrected chi connectivity index (χ2v) is 6.56. The van der Waals surface area contributed by atoms with Gasteiger partial charge in [-0.2, -0.15) is 0 Å². The molecule has 3 N–H and O–H groups in total. The minimum absolute atomic E-state index is 0.0289. The molecule has 110 valence electrons. The van der Waals surface area contributed by atoms with Crippen LogP contribution in [0.1, 0.15) is 44.1 Å². The summed E-state index contributed by atoms with van der Waals surface area (Å²) in [5.74, 6) is 0.0289. The lowest BCUT2D eigenvalue weighted by molar-refractivity contribution is 0.0955. The quantitative estimate of drug-likeness (QED) is 0.912. The average molecular weight is 300 g/mol. The van der Waals surface area contributed by atoms with Gasteiger partial charge in [0.1, 0.15) is 0 Å². The van der Waals surface area contributed by atoms with Gasteiger partial charge in [-0.05, 0) is 48.4 Å². The van der Waals surface area contributed by atoms with Crippen LogP contribution in [0.25, 0.3) is 0 Å². The number of fused-ring (bicyclic) bond motifs is 1. The number of nitrogens with two attached hydrogens (primary N) is 1. The first-order chi connectivity index (χ1) is 10.3. The molecular formula is C17H20N2OS. The van der Waals surface area contributed by atoms with E-state index in [1.165, 1.54) is 23.3 Å². The number of rotatable bonds is 4. The fourth-order valence-corrected chi connectivity index (χ4v) is 3.96. The zero-order valence-corrected chi connectivity index (χ0v) is 12.8. The highest BCUT2D eigenvalue weighted by Crippen LogP contribution is 2.29. The number of amides is 1. The number of carbonyl (C=O) groups is 1. The molecule has 21 heavy (non-hydrogen) atoms. The first kappa shape index (κ1) is 14.3. The highest BCUT2D eigenvalue weighted by Gasteiger charge is 2.17. The van der Waals surface area contributed by atoms with E-state index in [0.717, 1.165) is 28.8 Å². The van der Waals surface area contributed by atoms with Crippen LogP contribution in [-0.2, 0) is 25.9 Å². The number of hydrogen-bond donors (Lipinski definition) is 2. The van der Waals surface area contributed by atoms with Gasteiger partial charge in [0.25, 0.3) is 5.91 Å². The summed E-state index contributed by atoms with van der Waals surface area (Å²) in [6.45, 7) is 1.04. The Kier molecular flexibility index (Phi) is 4.36. The minimum atomic E-state index is 0.0289. The van der Waals surface area contributed by atoms with E-state index in [-0.39, 0.29) is 5.91 Å². The molecule has 0 spiro atoms. The van der Waals surface area contributed by atoms with Crippen LogP contribution in [0.5, 0.6) is 0 Å². The van der Waals surface area contributed by atoms with Gasteiger partial charge in [0.15, 0.2) is 0 Å². The largest absolute Gasteiger partial charge is 0.347 e. The topological polar surface area (TPSA) is 55.1 Å². The fourth-order valence-electron chi connectivity index (χ4n) is 2.79. The zero-order chi connectivity index (χ0) is 14.7. The third-order valence-electron chi connectivity index (χ3n) is 4.00. The molecule has 0 fully saturated rings. The predicted octanol–water partition coefficient (Wildman–Crippen LogP) is 3.02. The monoisotopic (exact) mass is 300 g/mol. The van der Waals surface area contributed by atoms with Gasteiger partial charge in [-0.1, -0.05) is 24.3 Å². The maximum absolute atomic E-state index is 12.3. The van der Waals surface area contributed by atoms with Crippen LogP contribution < -0.4 is 11.1 Å². The molecule has 0 unspecified atom stereocenters. The van der Waals surface area contributed by atoms with E-state index in [9.17, 15) is 4.79 Å². The van der Waals surface area contributed by atoms with Crippen molar-refractivity contribution in [3.05, 3.63) is 56.8 Å². The van der Waals surface area contributed by atoms with Crippen LogP contribution in [0.3, 0.4) is 0 Å². The number of nitrogens with one attached hydrogen (secondary N) is 1. The summed E-state index contributed by atoms with van der Waals surface area (Å²) in [5, 5.41) is 3.02. The van der Waals surface area contributed by atoms with Crippen molar-refractivity contribution in [2.75, 3.05) is 0 Å². The first-order valence-electron chi connectivity index (χ1n) is 7.44. The van der Waals surface area contributed by atoms with Crippen molar-refractivity contribution < 1.29 is 4.79 Å². The Balaban J connectivity index is 1.67. The lowest BCUT2D eigenvalue weighted by Crippen LogP contribution is -2.22. The molecule has 0 aliphatic heterocycles. The SMILES string of the molecule is NCc1ccccc1CNC(=O)c1cc2c(s1)CCCC2. The molecule has 0 bridgehead atoms. The van der Waals surface area contributed by atoms with Gasteiger partial charge in [-0.25, -0.2) is 0 Å². The van der Waals surface area contributed by atoms with Gasteiger partial charge in [-0.15, -0.1) is 11.3 Å². The molecule has 3 rings (SSSR count). The van der Waals surface area contributed by atoms with Gasteiger partial charge in [0.2, 0.25) is 0 Å². The molecular weight excluding hydrogens is 280 g/mol. The van der Waals surface area contributed by atoms with Crippen molar-refractivity contribution in [3.63, 3.8) is 0 Å². The number of aryl methyl sites for hydroxylation is 2. The molecule has 1 aliphatic rings. The molecule has 0 atom stereocenters. The normalized spacial score (nSPS) is 13.8. The Bertz CT molecular complexity index is 624. The molecule has 1 amide bonds. The highest BCUT2D eigenvalue weighted by molar-refractivity contribution is 7.14. The van der Waals surface area contributed by atoms with Crippen LogP contribution >= 0.6 is 11.3 Å². The molecule has 1 heterocycles. The Morgan fingerprint density at radius 1 is 1.19 bits per heavy atom. The van der Waals surface area contributed by atoms with Gasteiger partial charge in [-0.3, -0.25) is 4.79 Å². The van der Waals surface area contributed by atoms with E-state index in [0.29, 0.717) is 13.1 Å². The smallest absolute Gasteiger partial charge is 0.261 e. The second kappa shape index (κ2) is 6.41. The third kappa shape index (κ3) is 3.17. The molecule has 0 saturated carbocycles. The van der Waals surface area contributed by atoms with Crippen molar-refractivity contribution >= 4 is 17.2 Å². The molecule has 2 aromatic rings. The maximum atomic E-state index is 12.3. The van der Waals surface area contributed by atoms with Crippen LogP contribution in [0.4, 0.5) is 0 Å². The summed E-state index contributed by atoms with van der Waals surface area (Å²) in [6.07, 6.45) is 4.74. The van der Waals surface area contributed by atoms with Crippen LogP contribution in [0.2, 0.25) is 0 Å². The van der Waals surface area contributed by atoms with Crippen molar-refractivity contribution in [1.82, 2.24) is 5.32 Å². The first-order valence-corrected chi connectivity index (χ1v) is 8.26. The maximum Gasteiger partial charge on any atom is 0.261 e. The average Bonchev–Trinajstić information content (AvgIpc) is 2.97. The van der Waals surface area contributed by atoms with Crippen molar-refractivity contribution in [1.29, 1.82) is 0 Å². The molecule has 4 heteroatoms. The predicted molar refractivity (Wildman–Crippen MR) is 86.5 cm³/mol. The van der Waals surface area contributed by atoms with Gasteiger partial charge in [0.05, 0.1) is 4.88 Å². The van der Waals surface area contributed by atoms with Crippen molar-refractivity contribution in [2.45, 2.75) is 38.8 Å². The second-order valence-electron chi connectivity index (χ2n) is 5.42. The Morgan fingerprint density at radius 2 is 1.95 bits per heavy atom. The molecule has 0 radical (unpaired) electrons. The van der Waals surface area contributed by atoms with E-state index < -0.39 is 0 Å². The van der Waals surface area contributed by atoms with E-state index in [1.54, 1.807) is 11.3 Å². The van der Waals surface area contributed by atoms with Gasteiger partial charge in [0, 0.05) is 18.0 Å². The third-order valence-corrected chi connectivity index (χ3v) is 5.23. The minimum Gasteiger partial charge on any atom is -0.347 e. The molecule has 0 saturated heterocycles. The molecule has 1 aliphatic carbocycles. The standard InChI is InChI=1S/C17H20N2OS/c18-10-13-6-1-2-7-14(13)11-19-17(20)16-9-12-5-3-4-8-15(12)21-16/h1-2,6-7,9H,3-5,8,10-11,18H2,(H,19,20). The van der Waals surface area contributed by atoms with E-state index in [4.69, 9.17) is 5.73 Å². The summed E-state index contributed by atoms with van der Waals surface area (Å²) in [6, 6.07) is 10.0. The number of carbonyl (C=O) groups excluding carboxylic acids is 1. The zero-order valence-electron chi connectivity index (χ0n) is 12.0. The van der Waals surface area contributed by atoms with E-state index in [2.05, 4.69) is 11.4 Å². The summed E-state index contributed by atoms with van der Waals surface area (Å²) in [7, 11) is 0. The Labute approximate surface area is 129 Å². The van der Waals surface area contributed by atoms with Crippen molar-refractivity contribution in [3.8, 4) is 0 Å².